The SMILES string of the molecule is Cc1nc(C)c(-c2ccncn2)s1. The van der Waals surface area contributed by atoms with Gasteiger partial charge in [0.2, 0.25) is 0 Å². The topological polar surface area (TPSA) is 38.7 Å². The normalized spacial score (nSPS) is 10.3. The molecule has 2 rings (SSSR count). The van der Waals surface area contributed by atoms with Crippen molar-refractivity contribution < 1.29 is 0 Å². The maximum atomic E-state index is 4.35. The minimum Gasteiger partial charge on any atom is -0.246 e. The number of rotatable bonds is 1. The van der Waals surface area contributed by atoms with E-state index in [4.69, 9.17) is 0 Å². The van der Waals surface area contributed by atoms with Gasteiger partial charge in [0.25, 0.3) is 0 Å². The van der Waals surface area contributed by atoms with E-state index in [0.717, 1.165) is 21.3 Å². The lowest BCUT2D eigenvalue weighted by Gasteiger charge is -1.94. The lowest BCUT2D eigenvalue weighted by Crippen LogP contribution is -1.82. The molecule has 0 aliphatic heterocycles. The Morgan fingerprint density at radius 1 is 1.31 bits per heavy atom. The van der Waals surface area contributed by atoms with Crippen LogP contribution >= 0.6 is 11.3 Å². The summed E-state index contributed by atoms with van der Waals surface area (Å²) in [5, 5.41) is 1.08. The summed E-state index contributed by atoms with van der Waals surface area (Å²) in [6, 6.07) is 1.90. The van der Waals surface area contributed by atoms with Gasteiger partial charge in [-0.05, 0) is 19.9 Å². The second-order valence-corrected chi connectivity index (χ2v) is 3.95. The fraction of sp³-hybridized carbons (Fsp3) is 0.222. The summed E-state index contributed by atoms with van der Waals surface area (Å²) in [5.74, 6) is 0. The molecule has 0 saturated carbocycles. The second-order valence-electron chi connectivity index (χ2n) is 2.74. The van der Waals surface area contributed by atoms with Gasteiger partial charge >= 0.3 is 0 Å². The zero-order valence-corrected chi connectivity index (χ0v) is 8.30. The van der Waals surface area contributed by atoms with Crippen LogP contribution in [0, 0.1) is 13.8 Å². The molecular formula is C9H9N3S. The van der Waals surface area contributed by atoms with E-state index in [-0.39, 0.29) is 0 Å². The van der Waals surface area contributed by atoms with Gasteiger partial charge in [-0.15, -0.1) is 11.3 Å². The van der Waals surface area contributed by atoms with Crippen molar-refractivity contribution in [3.8, 4) is 10.6 Å². The molecule has 0 aliphatic carbocycles. The highest BCUT2D eigenvalue weighted by Crippen LogP contribution is 2.27. The Morgan fingerprint density at radius 3 is 2.69 bits per heavy atom. The zero-order chi connectivity index (χ0) is 9.26. The first-order chi connectivity index (χ1) is 6.27. The molecule has 2 heterocycles. The molecule has 0 aromatic carbocycles. The third kappa shape index (κ3) is 1.58. The van der Waals surface area contributed by atoms with Crippen molar-refractivity contribution in [2.75, 3.05) is 0 Å². The van der Waals surface area contributed by atoms with E-state index in [2.05, 4.69) is 15.0 Å². The monoisotopic (exact) mass is 191 g/mol. The molecule has 0 atom stereocenters. The Labute approximate surface area is 80.5 Å². The molecular weight excluding hydrogens is 182 g/mol. The van der Waals surface area contributed by atoms with E-state index in [1.165, 1.54) is 0 Å². The summed E-state index contributed by atoms with van der Waals surface area (Å²) in [6.07, 6.45) is 3.31. The number of hydrogen-bond donors (Lipinski definition) is 0. The zero-order valence-electron chi connectivity index (χ0n) is 7.48. The Hall–Kier alpha value is -1.29. The third-order valence-electron chi connectivity index (χ3n) is 1.72. The predicted molar refractivity (Wildman–Crippen MR) is 52.6 cm³/mol. The molecule has 66 valence electrons. The van der Waals surface area contributed by atoms with Crippen LogP contribution in [0.4, 0.5) is 0 Å². The minimum absolute atomic E-state index is 0.957. The molecule has 0 spiro atoms. The van der Waals surface area contributed by atoms with Gasteiger partial charge in [-0.3, -0.25) is 0 Å². The molecule has 3 nitrogen and oxygen atoms in total. The second kappa shape index (κ2) is 3.22. The summed E-state index contributed by atoms with van der Waals surface area (Å²) in [7, 11) is 0. The van der Waals surface area contributed by atoms with Crippen LogP contribution in [0.3, 0.4) is 0 Å². The van der Waals surface area contributed by atoms with Crippen LogP contribution < -0.4 is 0 Å². The van der Waals surface area contributed by atoms with E-state index in [0.29, 0.717) is 0 Å². The molecule has 0 fully saturated rings. The van der Waals surface area contributed by atoms with E-state index in [9.17, 15) is 0 Å². The van der Waals surface area contributed by atoms with Crippen molar-refractivity contribution in [1.82, 2.24) is 15.0 Å². The lowest BCUT2D eigenvalue weighted by molar-refractivity contribution is 1.16. The van der Waals surface area contributed by atoms with Gasteiger partial charge in [-0.2, -0.15) is 0 Å². The first kappa shape index (κ1) is 8.31. The van der Waals surface area contributed by atoms with Crippen molar-refractivity contribution in [2.24, 2.45) is 0 Å². The van der Waals surface area contributed by atoms with Gasteiger partial charge in [0, 0.05) is 6.20 Å². The third-order valence-corrected chi connectivity index (χ3v) is 2.81. The quantitative estimate of drug-likeness (QED) is 0.693. The number of thiazole rings is 1. The molecule has 0 aliphatic rings. The maximum absolute atomic E-state index is 4.35. The molecule has 4 heteroatoms. The van der Waals surface area contributed by atoms with Crippen molar-refractivity contribution in [3.63, 3.8) is 0 Å². The standard InChI is InChI=1S/C9H9N3S/c1-6-9(13-7(2)12-6)8-3-4-10-5-11-8/h3-5H,1-2H3. The summed E-state index contributed by atoms with van der Waals surface area (Å²) in [5.41, 5.74) is 2.00. The van der Waals surface area contributed by atoms with Crippen LogP contribution in [0.25, 0.3) is 10.6 Å². The number of aryl methyl sites for hydroxylation is 2. The molecule has 0 radical (unpaired) electrons. The number of nitrogens with zero attached hydrogens (tertiary/aromatic N) is 3. The molecule has 13 heavy (non-hydrogen) atoms. The van der Waals surface area contributed by atoms with E-state index in [1.54, 1.807) is 23.9 Å². The molecule has 0 amide bonds. The first-order valence-electron chi connectivity index (χ1n) is 3.98. The van der Waals surface area contributed by atoms with E-state index < -0.39 is 0 Å². The highest BCUT2D eigenvalue weighted by molar-refractivity contribution is 7.15. The van der Waals surface area contributed by atoms with Gasteiger partial charge in [0.15, 0.2) is 0 Å². The van der Waals surface area contributed by atoms with Crippen LogP contribution in [0.2, 0.25) is 0 Å². The average molecular weight is 191 g/mol. The Balaban J connectivity index is 2.53. The molecule has 2 aromatic heterocycles. The predicted octanol–water partition coefficient (Wildman–Crippen LogP) is 2.22. The summed E-state index contributed by atoms with van der Waals surface area (Å²) in [6.45, 7) is 4.00. The lowest BCUT2D eigenvalue weighted by atomic mass is 10.3. The Morgan fingerprint density at radius 2 is 2.15 bits per heavy atom. The van der Waals surface area contributed by atoms with Crippen molar-refractivity contribution in [2.45, 2.75) is 13.8 Å². The van der Waals surface area contributed by atoms with Crippen LogP contribution in [-0.4, -0.2) is 15.0 Å². The fourth-order valence-electron chi connectivity index (χ4n) is 1.19. The summed E-state index contributed by atoms with van der Waals surface area (Å²) in [4.78, 5) is 13.5. The molecule has 0 N–H and O–H groups in total. The highest BCUT2D eigenvalue weighted by atomic mass is 32.1. The van der Waals surface area contributed by atoms with Crippen molar-refractivity contribution in [3.05, 3.63) is 29.3 Å². The van der Waals surface area contributed by atoms with Crippen molar-refractivity contribution >= 4 is 11.3 Å². The molecule has 0 unspecified atom stereocenters. The Kier molecular flexibility index (Phi) is 2.06. The number of hydrogen-bond acceptors (Lipinski definition) is 4. The van der Waals surface area contributed by atoms with E-state index >= 15 is 0 Å². The highest BCUT2D eigenvalue weighted by Gasteiger charge is 2.07. The summed E-state index contributed by atoms with van der Waals surface area (Å²) >= 11 is 1.67. The van der Waals surface area contributed by atoms with Gasteiger partial charge in [0.1, 0.15) is 6.33 Å². The molecule has 0 bridgehead atoms. The van der Waals surface area contributed by atoms with Gasteiger partial charge in [0.05, 0.1) is 21.3 Å². The molecule has 0 saturated heterocycles. The van der Waals surface area contributed by atoms with Crippen molar-refractivity contribution in [1.29, 1.82) is 0 Å². The van der Waals surface area contributed by atoms with Crippen LogP contribution in [-0.2, 0) is 0 Å². The van der Waals surface area contributed by atoms with Crippen LogP contribution in [0.15, 0.2) is 18.6 Å². The van der Waals surface area contributed by atoms with Gasteiger partial charge in [-0.25, -0.2) is 15.0 Å². The van der Waals surface area contributed by atoms with Crippen LogP contribution in [0.5, 0.6) is 0 Å². The van der Waals surface area contributed by atoms with Gasteiger partial charge < -0.3 is 0 Å². The summed E-state index contributed by atoms with van der Waals surface area (Å²) < 4.78 is 0. The largest absolute Gasteiger partial charge is 0.246 e. The minimum atomic E-state index is 0.957. The maximum Gasteiger partial charge on any atom is 0.116 e. The molecule has 2 aromatic rings. The van der Waals surface area contributed by atoms with E-state index in [1.807, 2.05) is 19.9 Å². The average Bonchev–Trinajstić information content (AvgIpc) is 2.47. The van der Waals surface area contributed by atoms with Gasteiger partial charge in [-0.1, -0.05) is 0 Å². The number of aromatic nitrogens is 3. The Bertz CT molecular complexity index is 408. The smallest absolute Gasteiger partial charge is 0.116 e. The van der Waals surface area contributed by atoms with Crippen LogP contribution in [0.1, 0.15) is 10.7 Å². The fourth-order valence-corrected chi connectivity index (χ4v) is 2.09. The first-order valence-corrected chi connectivity index (χ1v) is 4.79.